The van der Waals surface area contributed by atoms with E-state index in [2.05, 4.69) is 34.6 Å². The molecule has 0 radical (unpaired) electrons. The summed E-state index contributed by atoms with van der Waals surface area (Å²) in [5, 5.41) is 0. The minimum absolute atomic E-state index is 0.557. The summed E-state index contributed by atoms with van der Waals surface area (Å²) in [6, 6.07) is 0. The van der Waals surface area contributed by atoms with E-state index in [1.807, 2.05) is 0 Å². The van der Waals surface area contributed by atoms with Gasteiger partial charge in [0.2, 0.25) is 0 Å². The summed E-state index contributed by atoms with van der Waals surface area (Å²) in [4.78, 5) is 0. The van der Waals surface area contributed by atoms with Crippen molar-refractivity contribution in [2.24, 2.45) is 16.7 Å². The highest BCUT2D eigenvalue weighted by Crippen LogP contribution is 2.61. The third-order valence-electron chi connectivity index (χ3n) is 4.40. The monoisotopic (exact) mass is 154 g/mol. The van der Waals surface area contributed by atoms with E-state index in [9.17, 15) is 0 Å². The Balaban J connectivity index is 2.65. The second kappa shape index (κ2) is 2.50. The molecule has 0 nitrogen and oxygen atoms in total. The largest absolute Gasteiger partial charge is 0.0651 e. The molecule has 1 aliphatic rings. The van der Waals surface area contributed by atoms with E-state index in [1.165, 1.54) is 19.3 Å². The maximum Gasteiger partial charge on any atom is -0.0272 e. The average molecular weight is 154 g/mol. The summed E-state index contributed by atoms with van der Waals surface area (Å²) in [6.45, 7) is 12.0. The van der Waals surface area contributed by atoms with E-state index < -0.39 is 0 Å². The number of rotatable bonds is 3. The molecule has 0 spiro atoms. The van der Waals surface area contributed by atoms with E-state index in [0.29, 0.717) is 10.8 Å². The minimum atomic E-state index is 0.557. The summed E-state index contributed by atoms with van der Waals surface area (Å²) < 4.78 is 0. The lowest BCUT2D eigenvalue weighted by Gasteiger charge is -2.38. The number of hydrogen-bond donors (Lipinski definition) is 0. The highest BCUT2D eigenvalue weighted by molar-refractivity contribution is 5.01. The van der Waals surface area contributed by atoms with Gasteiger partial charge in [-0.2, -0.15) is 0 Å². The van der Waals surface area contributed by atoms with Crippen molar-refractivity contribution in [3.05, 3.63) is 0 Å². The van der Waals surface area contributed by atoms with Gasteiger partial charge in [-0.3, -0.25) is 0 Å². The van der Waals surface area contributed by atoms with Gasteiger partial charge in [-0.05, 0) is 29.6 Å². The van der Waals surface area contributed by atoms with E-state index in [1.54, 1.807) is 0 Å². The third-order valence-corrected chi connectivity index (χ3v) is 4.40. The first-order valence-electron chi connectivity index (χ1n) is 4.94. The molecule has 66 valence electrons. The Labute approximate surface area is 71.4 Å². The summed E-state index contributed by atoms with van der Waals surface area (Å²) in [5.74, 6) is 0.870. The smallest absolute Gasteiger partial charge is 0.0272 e. The van der Waals surface area contributed by atoms with Gasteiger partial charge in [0.1, 0.15) is 0 Å². The van der Waals surface area contributed by atoms with Crippen LogP contribution in [0.1, 0.15) is 53.9 Å². The standard InChI is InChI=1S/C11H22/c1-6-9(2)10(3,4)11(5)7-8-11/h9H,6-8H2,1-5H3. The van der Waals surface area contributed by atoms with Crippen molar-refractivity contribution in [3.8, 4) is 0 Å². The second-order valence-corrected chi connectivity index (χ2v) is 5.09. The van der Waals surface area contributed by atoms with Crippen molar-refractivity contribution in [3.63, 3.8) is 0 Å². The molecule has 0 N–H and O–H groups in total. The first kappa shape index (κ1) is 9.09. The summed E-state index contributed by atoms with van der Waals surface area (Å²) in [7, 11) is 0. The van der Waals surface area contributed by atoms with Crippen LogP contribution in [0.15, 0.2) is 0 Å². The molecule has 1 atom stereocenters. The second-order valence-electron chi connectivity index (χ2n) is 5.09. The third kappa shape index (κ3) is 1.32. The zero-order valence-electron chi connectivity index (χ0n) is 8.70. The van der Waals surface area contributed by atoms with Crippen LogP contribution in [0.4, 0.5) is 0 Å². The average Bonchev–Trinajstić information content (AvgIpc) is 2.67. The van der Waals surface area contributed by atoms with Crippen molar-refractivity contribution in [2.75, 3.05) is 0 Å². The molecule has 0 aromatic carbocycles. The van der Waals surface area contributed by atoms with E-state index >= 15 is 0 Å². The van der Waals surface area contributed by atoms with Crippen LogP contribution in [0.3, 0.4) is 0 Å². The molecule has 0 amide bonds. The molecule has 0 heteroatoms. The lowest BCUT2D eigenvalue weighted by Crippen LogP contribution is -2.30. The van der Waals surface area contributed by atoms with Crippen molar-refractivity contribution in [1.82, 2.24) is 0 Å². The molecule has 1 fully saturated rings. The van der Waals surface area contributed by atoms with Crippen molar-refractivity contribution < 1.29 is 0 Å². The molecule has 0 saturated heterocycles. The lowest BCUT2D eigenvalue weighted by molar-refractivity contribution is 0.116. The van der Waals surface area contributed by atoms with Gasteiger partial charge < -0.3 is 0 Å². The topological polar surface area (TPSA) is 0 Å². The zero-order chi connectivity index (χ0) is 8.70. The fourth-order valence-corrected chi connectivity index (χ4v) is 1.94. The normalized spacial score (nSPS) is 24.8. The maximum absolute atomic E-state index is 2.44. The Morgan fingerprint density at radius 1 is 1.36 bits per heavy atom. The highest BCUT2D eigenvalue weighted by atomic mass is 14.6. The van der Waals surface area contributed by atoms with Crippen LogP contribution in [0.2, 0.25) is 0 Å². The van der Waals surface area contributed by atoms with Gasteiger partial charge in [-0.15, -0.1) is 0 Å². The van der Waals surface area contributed by atoms with Crippen LogP contribution in [0.5, 0.6) is 0 Å². The lowest BCUT2D eigenvalue weighted by atomic mass is 9.67. The molecular formula is C11H22. The predicted molar refractivity (Wildman–Crippen MR) is 50.6 cm³/mol. The van der Waals surface area contributed by atoms with Crippen LogP contribution in [0, 0.1) is 16.7 Å². The summed E-state index contributed by atoms with van der Waals surface area (Å²) in [6.07, 6.45) is 4.22. The quantitative estimate of drug-likeness (QED) is 0.579. The van der Waals surface area contributed by atoms with E-state index in [0.717, 1.165) is 5.92 Å². The van der Waals surface area contributed by atoms with Gasteiger partial charge >= 0.3 is 0 Å². The molecule has 11 heavy (non-hydrogen) atoms. The van der Waals surface area contributed by atoms with Crippen molar-refractivity contribution >= 4 is 0 Å². The molecular weight excluding hydrogens is 132 g/mol. The van der Waals surface area contributed by atoms with Gasteiger partial charge in [0.05, 0.1) is 0 Å². The highest BCUT2D eigenvalue weighted by Gasteiger charge is 2.51. The first-order chi connectivity index (χ1) is 4.94. The van der Waals surface area contributed by atoms with Crippen LogP contribution < -0.4 is 0 Å². The summed E-state index contributed by atoms with van der Waals surface area (Å²) >= 11 is 0. The Morgan fingerprint density at radius 3 is 2.09 bits per heavy atom. The molecule has 1 rings (SSSR count). The Bertz CT molecular complexity index is 140. The van der Waals surface area contributed by atoms with Crippen molar-refractivity contribution in [2.45, 2.75) is 53.9 Å². The van der Waals surface area contributed by atoms with E-state index in [4.69, 9.17) is 0 Å². The van der Waals surface area contributed by atoms with Gasteiger partial charge in [-0.1, -0.05) is 41.0 Å². The van der Waals surface area contributed by atoms with Gasteiger partial charge in [0.25, 0.3) is 0 Å². The number of hydrogen-bond acceptors (Lipinski definition) is 0. The molecule has 0 aromatic rings. The Morgan fingerprint density at radius 2 is 1.82 bits per heavy atom. The molecule has 1 saturated carbocycles. The molecule has 0 bridgehead atoms. The molecule has 0 aliphatic heterocycles. The van der Waals surface area contributed by atoms with Crippen LogP contribution >= 0.6 is 0 Å². The van der Waals surface area contributed by atoms with Gasteiger partial charge in [-0.25, -0.2) is 0 Å². The molecule has 0 heterocycles. The Kier molecular flexibility index (Phi) is 2.07. The Hall–Kier alpha value is 0. The van der Waals surface area contributed by atoms with E-state index in [-0.39, 0.29) is 0 Å². The van der Waals surface area contributed by atoms with Crippen LogP contribution in [0.25, 0.3) is 0 Å². The molecule has 1 unspecified atom stereocenters. The van der Waals surface area contributed by atoms with Crippen LogP contribution in [-0.2, 0) is 0 Å². The predicted octanol–water partition coefficient (Wildman–Crippen LogP) is 3.86. The minimum Gasteiger partial charge on any atom is -0.0651 e. The summed E-state index contributed by atoms with van der Waals surface area (Å²) in [5.41, 5.74) is 1.23. The van der Waals surface area contributed by atoms with Crippen LogP contribution in [-0.4, -0.2) is 0 Å². The van der Waals surface area contributed by atoms with Crippen molar-refractivity contribution in [1.29, 1.82) is 0 Å². The molecule has 1 aliphatic carbocycles. The maximum atomic E-state index is 2.44. The first-order valence-corrected chi connectivity index (χ1v) is 4.94. The molecule has 0 aromatic heterocycles. The zero-order valence-corrected chi connectivity index (χ0v) is 8.70. The van der Waals surface area contributed by atoms with Gasteiger partial charge in [0, 0.05) is 0 Å². The van der Waals surface area contributed by atoms with Gasteiger partial charge in [0.15, 0.2) is 0 Å². The SMILES string of the molecule is CCC(C)C(C)(C)C1(C)CC1. The fraction of sp³-hybridized carbons (Fsp3) is 1.00. The fourth-order valence-electron chi connectivity index (χ4n) is 1.94.